The molecule has 0 heterocycles. The lowest BCUT2D eigenvalue weighted by Crippen LogP contribution is -2.13. The minimum absolute atomic E-state index is 0.0791. The summed E-state index contributed by atoms with van der Waals surface area (Å²) in [6.45, 7) is 0. The molecule has 0 fully saturated rings. The standard InChI is InChI=1S/C12H12O6/c1-17-10-6-7(3-4-9(10)13)5-8(11(14)15)12(16)18-2/h3-6,13H,1-2H3,(H,14,15)/b8-5-. The first-order valence-electron chi connectivity index (χ1n) is 4.90. The van der Waals surface area contributed by atoms with E-state index < -0.39 is 17.5 Å². The summed E-state index contributed by atoms with van der Waals surface area (Å²) < 4.78 is 9.23. The van der Waals surface area contributed by atoms with Crippen LogP contribution in [0.4, 0.5) is 0 Å². The monoisotopic (exact) mass is 252 g/mol. The first kappa shape index (κ1) is 13.6. The largest absolute Gasteiger partial charge is 0.504 e. The van der Waals surface area contributed by atoms with Gasteiger partial charge in [0.25, 0.3) is 0 Å². The Balaban J connectivity index is 3.20. The molecule has 6 heteroatoms. The van der Waals surface area contributed by atoms with Crippen molar-refractivity contribution >= 4 is 18.0 Å². The molecule has 0 aromatic heterocycles. The van der Waals surface area contributed by atoms with Crippen molar-refractivity contribution in [1.29, 1.82) is 0 Å². The number of carboxylic acid groups (broad SMARTS) is 1. The van der Waals surface area contributed by atoms with E-state index in [1.54, 1.807) is 0 Å². The molecule has 0 saturated heterocycles. The lowest BCUT2D eigenvalue weighted by Gasteiger charge is -2.05. The highest BCUT2D eigenvalue weighted by Crippen LogP contribution is 2.27. The van der Waals surface area contributed by atoms with Crippen LogP contribution in [-0.4, -0.2) is 36.4 Å². The molecular weight excluding hydrogens is 240 g/mol. The van der Waals surface area contributed by atoms with Crippen LogP contribution in [0.3, 0.4) is 0 Å². The van der Waals surface area contributed by atoms with E-state index in [1.807, 2.05) is 0 Å². The quantitative estimate of drug-likeness (QED) is 0.360. The number of phenolic OH excluding ortho intramolecular Hbond substituents is 1. The van der Waals surface area contributed by atoms with Crippen molar-refractivity contribution in [3.8, 4) is 11.5 Å². The fourth-order valence-corrected chi connectivity index (χ4v) is 1.27. The molecular formula is C12H12O6. The summed E-state index contributed by atoms with van der Waals surface area (Å²) in [6, 6.07) is 4.19. The SMILES string of the molecule is COC(=O)/C(=C\c1ccc(O)c(OC)c1)C(=O)O. The van der Waals surface area contributed by atoms with Crippen LogP contribution in [-0.2, 0) is 14.3 Å². The number of carbonyl (C=O) groups excluding carboxylic acids is 1. The minimum atomic E-state index is -1.39. The van der Waals surface area contributed by atoms with Gasteiger partial charge in [0.15, 0.2) is 11.5 Å². The molecule has 0 amide bonds. The molecule has 0 aliphatic rings. The average molecular weight is 252 g/mol. The highest BCUT2D eigenvalue weighted by Gasteiger charge is 2.18. The van der Waals surface area contributed by atoms with Crippen LogP contribution in [0, 0.1) is 0 Å². The molecule has 18 heavy (non-hydrogen) atoms. The summed E-state index contributed by atoms with van der Waals surface area (Å²) in [5, 5.41) is 18.2. The number of methoxy groups -OCH3 is 2. The topological polar surface area (TPSA) is 93.1 Å². The number of carbonyl (C=O) groups is 2. The summed E-state index contributed by atoms with van der Waals surface area (Å²) in [4.78, 5) is 22.1. The maximum atomic E-state index is 11.2. The number of rotatable bonds is 4. The van der Waals surface area contributed by atoms with Gasteiger partial charge in [-0.25, -0.2) is 9.59 Å². The van der Waals surface area contributed by atoms with Crippen molar-refractivity contribution in [3.05, 3.63) is 29.3 Å². The summed E-state index contributed by atoms with van der Waals surface area (Å²) in [6.07, 6.45) is 1.14. The Morgan fingerprint density at radius 2 is 1.94 bits per heavy atom. The smallest absolute Gasteiger partial charge is 0.345 e. The third kappa shape index (κ3) is 3.00. The number of phenols is 1. The zero-order chi connectivity index (χ0) is 13.7. The van der Waals surface area contributed by atoms with E-state index in [2.05, 4.69) is 4.74 Å². The molecule has 0 atom stereocenters. The third-order valence-electron chi connectivity index (χ3n) is 2.15. The van der Waals surface area contributed by atoms with Gasteiger partial charge in [0.05, 0.1) is 14.2 Å². The molecule has 2 N–H and O–H groups in total. The van der Waals surface area contributed by atoms with Gasteiger partial charge in [-0.2, -0.15) is 0 Å². The summed E-state index contributed by atoms with van der Waals surface area (Å²) in [5.74, 6) is -2.24. The molecule has 1 aromatic carbocycles. The summed E-state index contributed by atoms with van der Waals surface area (Å²) in [7, 11) is 2.46. The van der Waals surface area contributed by atoms with Crippen LogP contribution in [0.25, 0.3) is 6.08 Å². The van der Waals surface area contributed by atoms with Gasteiger partial charge >= 0.3 is 11.9 Å². The van der Waals surface area contributed by atoms with Crippen molar-refractivity contribution in [1.82, 2.24) is 0 Å². The molecule has 0 saturated carbocycles. The molecule has 0 aliphatic heterocycles. The number of carboxylic acids is 1. The van der Waals surface area contributed by atoms with Crippen LogP contribution in [0.2, 0.25) is 0 Å². The van der Waals surface area contributed by atoms with E-state index in [-0.39, 0.29) is 11.5 Å². The zero-order valence-electron chi connectivity index (χ0n) is 9.84. The second-order valence-electron chi connectivity index (χ2n) is 3.29. The van der Waals surface area contributed by atoms with Crippen molar-refractivity contribution in [2.24, 2.45) is 0 Å². The Morgan fingerprint density at radius 3 is 2.44 bits per heavy atom. The van der Waals surface area contributed by atoms with Gasteiger partial charge in [-0.15, -0.1) is 0 Å². The third-order valence-corrected chi connectivity index (χ3v) is 2.15. The van der Waals surface area contributed by atoms with E-state index in [4.69, 9.17) is 9.84 Å². The number of hydrogen-bond donors (Lipinski definition) is 2. The molecule has 6 nitrogen and oxygen atoms in total. The lowest BCUT2D eigenvalue weighted by atomic mass is 10.1. The molecule has 0 unspecified atom stereocenters. The normalized spacial score (nSPS) is 10.9. The van der Waals surface area contributed by atoms with E-state index in [0.29, 0.717) is 5.56 Å². The molecule has 0 aliphatic carbocycles. The average Bonchev–Trinajstić information content (AvgIpc) is 2.36. The molecule has 1 rings (SSSR count). The van der Waals surface area contributed by atoms with Crippen molar-refractivity contribution in [3.63, 3.8) is 0 Å². The van der Waals surface area contributed by atoms with Gasteiger partial charge in [-0.1, -0.05) is 6.07 Å². The number of aromatic hydroxyl groups is 1. The van der Waals surface area contributed by atoms with E-state index in [1.165, 1.54) is 25.3 Å². The van der Waals surface area contributed by atoms with Gasteiger partial charge < -0.3 is 19.7 Å². The Bertz CT molecular complexity index is 503. The fraction of sp³-hybridized carbons (Fsp3) is 0.167. The molecule has 0 radical (unpaired) electrons. The first-order valence-corrected chi connectivity index (χ1v) is 4.90. The van der Waals surface area contributed by atoms with Gasteiger partial charge in [-0.3, -0.25) is 0 Å². The van der Waals surface area contributed by atoms with Crippen LogP contribution in [0.1, 0.15) is 5.56 Å². The van der Waals surface area contributed by atoms with Gasteiger partial charge in [0.1, 0.15) is 5.57 Å². The number of aliphatic carboxylic acids is 1. The Kier molecular flexibility index (Phi) is 4.31. The Labute approximate surface area is 103 Å². The van der Waals surface area contributed by atoms with Crippen molar-refractivity contribution < 1.29 is 29.3 Å². The van der Waals surface area contributed by atoms with E-state index in [9.17, 15) is 14.7 Å². The molecule has 0 spiro atoms. The van der Waals surface area contributed by atoms with Gasteiger partial charge in [0, 0.05) is 0 Å². The second kappa shape index (κ2) is 5.72. The number of hydrogen-bond acceptors (Lipinski definition) is 5. The molecule has 96 valence electrons. The molecule has 1 aromatic rings. The Hall–Kier alpha value is -2.50. The molecule has 0 bridgehead atoms. The van der Waals surface area contributed by atoms with Gasteiger partial charge in [0.2, 0.25) is 0 Å². The highest BCUT2D eigenvalue weighted by molar-refractivity contribution is 6.16. The van der Waals surface area contributed by atoms with Crippen LogP contribution in [0.15, 0.2) is 23.8 Å². The van der Waals surface area contributed by atoms with E-state index in [0.717, 1.165) is 13.2 Å². The summed E-state index contributed by atoms with van der Waals surface area (Å²) >= 11 is 0. The fourth-order valence-electron chi connectivity index (χ4n) is 1.27. The lowest BCUT2D eigenvalue weighted by molar-refractivity contribution is -0.142. The number of esters is 1. The van der Waals surface area contributed by atoms with Crippen LogP contribution >= 0.6 is 0 Å². The minimum Gasteiger partial charge on any atom is -0.504 e. The summed E-state index contributed by atoms with van der Waals surface area (Å²) in [5.41, 5.74) is -0.113. The maximum Gasteiger partial charge on any atom is 0.345 e. The maximum absolute atomic E-state index is 11.2. The predicted octanol–water partition coefficient (Wildman–Crippen LogP) is 1.04. The van der Waals surface area contributed by atoms with Crippen molar-refractivity contribution in [2.45, 2.75) is 0 Å². The van der Waals surface area contributed by atoms with Gasteiger partial charge in [-0.05, 0) is 23.8 Å². The predicted molar refractivity (Wildman–Crippen MR) is 62.3 cm³/mol. The van der Waals surface area contributed by atoms with Crippen LogP contribution < -0.4 is 4.74 Å². The zero-order valence-corrected chi connectivity index (χ0v) is 9.84. The number of ether oxygens (including phenoxy) is 2. The second-order valence-corrected chi connectivity index (χ2v) is 3.29. The highest BCUT2D eigenvalue weighted by atomic mass is 16.5. The first-order chi connectivity index (χ1) is 8.49. The Morgan fingerprint density at radius 1 is 1.28 bits per heavy atom. The number of benzene rings is 1. The van der Waals surface area contributed by atoms with Crippen LogP contribution in [0.5, 0.6) is 11.5 Å². The van der Waals surface area contributed by atoms with E-state index >= 15 is 0 Å². The van der Waals surface area contributed by atoms with Crippen molar-refractivity contribution in [2.75, 3.05) is 14.2 Å².